The average Bonchev–Trinajstić information content (AvgIpc) is 2.83. The van der Waals surface area contributed by atoms with Crippen molar-refractivity contribution >= 4 is 0 Å². The lowest BCUT2D eigenvalue weighted by molar-refractivity contribution is -0.128. The molecule has 1 atom stereocenters. The van der Waals surface area contributed by atoms with Gasteiger partial charge >= 0.3 is 6.18 Å². The summed E-state index contributed by atoms with van der Waals surface area (Å²) < 4.78 is 41.3. The molecule has 2 N–H and O–H groups in total. The molecule has 0 aliphatic heterocycles. The molecule has 0 aliphatic rings. The van der Waals surface area contributed by atoms with Gasteiger partial charge in [-0.25, -0.2) is 0 Å². The topological polar surface area (TPSA) is 64.9 Å². The predicted octanol–water partition coefficient (Wildman–Crippen LogP) is 2.81. The van der Waals surface area contributed by atoms with Gasteiger partial charge < -0.3 is 10.3 Å². The van der Waals surface area contributed by atoms with Crippen LogP contribution >= 0.6 is 0 Å². The lowest BCUT2D eigenvalue weighted by atomic mass is 10.1. The second-order valence-electron chi connectivity index (χ2n) is 4.47. The number of halogens is 3. The molecule has 4 nitrogen and oxygen atoms in total. The van der Waals surface area contributed by atoms with Gasteiger partial charge in [0.05, 0.1) is 6.04 Å². The molecule has 1 aromatic heterocycles. The highest BCUT2D eigenvalue weighted by Crippen LogP contribution is 2.21. The van der Waals surface area contributed by atoms with E-state index in [9.17, 15) is 13.2 Å². The first-order valence-corrected chi connectivity index (χ1v) is 6.13. The van der Waals surface area contributed by atoms with E-state index < -0.39 is 18.6 Å². The summed E-state index contributed by atoms with van der Waals surface area (Å²) in [5.41, 5.74) is 6.94. The van der Waals surface area contributed by atoms with Crippen LogP contribution in [0.2, 0.25) is 0 Å². The normalized spacial score (nSPS) is 13.4. The van der Waals surface area contributed by atoms with Gasteiger partial charge in [0.2, 0.25) is 5.89 Å². The zero-order valence-corrected chi connectivity index (χ0v) is 10.6. The second kappa shape index (κ2) is 6.04. The van der Waals surface area contributed by atoms with Crippen molar-refractivity contribution in [2.24, 2.45) is 5.73 Å². The van der Waals surface area contributed by atoms with Crippen LogP contribution in [0.5, 0.6) is 0 Å². The third-order valence-electron chi connectivity index (χ3n) is 2.75. The van der Waals surface area contributed by atoms with Gasteiger partial charge in [0.1, 0.15) is 6.42 Å². The van der Waals surface area contributed by atoms with Crippen LogP contribution in [-0.4, -0.2) is 16.3 Å². The molecule has 2 rings (SSSR count). The van der Waals surface area contributed by atoms with Crippen LogP contribution in [-0.2, 0) is 12.8 Å². The Morgan fingerprint density at radius 1 is 1.20 bits per heavy atom. The van der Waals surface area contributed by atoms with Gasteiger partial charge in [-0.3, -0.25) is 0 Å². The van der Waals surface area contributed by atoms with Crippen molar-refractivity contribution in [2.45, 2.75) is 31.5 Å². The number of nitrogens with two attached hydrogens (primary N) is 1. The van der Waals surface area contributed by atoms with Gasteiger partial charge in [-0.05, 0) is 18.4 Å². The summed E-state index contributed by atoms with van der Waals surface area (Å²) in [7, 11) is 0. The standard InChI is InChI=1S/C13H14F3N3O/c14-13(15,16)8-11-18-12(20-19-11)10(17)7-6-9-4-2-1-3-5-9/h1-5,10H,6-8,17H2/t10-/m0/s1. The molecule has 2 aromatic rings. The number of rotatable bonds is 5. The first kappa shape index (κ1) is 14.5. The van der Waals surface area contributed by atoms with Crippen molar-refractivity contribution in [1.29, 1.82) is 0 Å². The minimum absolute atomic E-state index is 0.0418. The largest absolute Gasteiger partial charge is 0.396 e. The molecule has 0 radical (unpaired) electrons. The quantitative estimate of drug-likeness (QED) is 0.917. The number of nitrogens with zero attached hydrogens (tertiary/aromatic N) is 2. The van der Waals surface area contributed by atoms with E-state index in [0.29, 0.717) is 12.8 Å². The fourth-order valence-corrected chi connectivity index (χ4v) is 1.76. The summed E-state index contributed by atoms with van der Waals surface area (Å²) in [5.74, 6) is -0.345. The fourth-order valence-electron chi connectivity index (χ4n) is 1.76. The van der Waals surface area contributed by atoms with Crippen LogP contribution in [0.4, 0.5) is 13.2 Å². The zero-order valence-electron chi connectivity index (χ0n) is 10.6. The number of aryl methyl sites for hydroxylation is 1. The fraction of sp³-hybridized carbons (Fsp3) is 0.385. The van der Waals surface area contributed by atoms with Gasteiger partial charge in [-0.2, -0.15) is 18.2 Å². The Labute approximate surface area is 113 Å². The Balaban J connectivity index is 1.91. The molecule has 108 valence electrons. The maximum Gasteiger partial charge on any atom is 0.396 e. The molecule has 0 bridgehead atoms. The number of hydrogen-bond donors (Lipinski definition) is 1. The lowest BCUT2D eigenvalue weighted by Crippen LogP contribution is -2.14. The van der Waals surface area contributed by atoms with Crippen LogP contribution in [0.25, 0.3) is 0 Å². The van der Waals surface area contributed by atoms with Crippen molar-refractivity contribution in [3.8, 4) is 0 Å². The monoisotopic (exact) mass is 285 g/mol. The first-order valence-electron chi connectivity index (χ1n) is 6.13. The molecule has 0 unspecified atom stereocenters. The maximum atomic E-state index is 12.2. The Kier molecular flexibility index (Phi) is 4.39. The van der Waals surface area contributed by atoms with Crippen molar-refractivity contribution in [1.82, 2.24) is 10.1 Å². The van der Waals surface area contributed by atoms with Gasteiger partial charge in [0, 0.05) is 0 Å². The van der Waals surface area contributed by atoms with Crippen LogP contribution in [0, 0.1) is 0 Å². The third-order valence-corrected chi connectivity index (χ3v) is 2.75. The van der Waals surface area contributed by atoms with E-state index >= 15 is 0 Å². The zero-order chi connectivity index (χ0) is 14.6. The smallest absolute Gasteiger partial charge is 0.338 e. The Morgan fingerprint density at radius 2 is 1.90 bits per heavy atom. The van der Waals surface area contributed by atoms with Gasteiger partial charge in [0.25, 0.3) is 0 Å². The van der Waals surface area contributed by atoms with Gasteiger partial charge in [-0.1, -0.05) is 35.5 Å². The first-order chi connectivity index (χ1) is 9.44. The highest BCUT2D eigenvalue weighted by atomic mass is 19.4. The second-order valence-corrected chi connectivity index (χ2v) is 4.47. The summed E-state index contributed by atoms with van der Waals surface area (Å²) in [4.78, 5) is 3.69. The minimum atomic E-state index is -4.35. The van der Waals surface area contributed by atoms with Crippen LogP contribution < -0.4 is 5.73 Å². The van der Waals surface area contributed by atoms with E-state index in [4.69, 9.17) is 10.3 Å². The van der Waals surface area contributed by atoms with Gasteiger partial charge in [0.15, 0.2) is 5.82 Å². The molecule has 1 aromatic carbocycles. The number of alkyl halides is 3. The highest BCUT2D eigenvalue weighted by Gasteiger charge is 2.31. The maximum absolute atomic E-state index is 12.2. The van der Waals surface area contributed by atoms with E-state index in [1.54, 1.807) is 0 Å². The third kappa shape index (κ3) is 4.34. The van der Waals surface area contributed by atoms with Crippen molar-refractivity contribution in [3.63, 3.8) is 0 Å². The molecule has 0 spiro atoms. The molecule has 0 aliphatic carbocycles. The van der Waals surface area contributed by atoms with Gasteiger partial charge in [-0.15, -0.1) is 0 Å². The Hall–Kier alpha value is -1.89. The van der Waals surface area contributed by atoms with E-state index in [1.165, 1.54) is 0 Å². The minimum Gasteiger partial charge on any atom is -0.338 e. The van der Waals surface area contributed by atoms with Crippen LogP contribution in [0.1, 0.15) is 29.7 Å². The van der Waals surface area contributed by atoms with Crippen molar-refractivity contribution < 1.29 is 17.7 Å². The van der Waals surface area contributed by atoms with Crippen molar-refractivity contribution in [3.05, 3.63) is 47.6 Å². The Bertz CT molecular complexity index is 539. The van der Waals surface area contributed by atoms with E-state index in [-0.39, 0.29) is 11.7 Å². The highest BCUT2D eigenvalue weighted by molar-refractivity contribution is 5.15. The number of aromatic nitrogens is 2. The summed E-state index contributed by atoms with van der Waals surface area (Å²) in [5, 5.41) is 3.29. The molecule has 0 saturated heterocycles. The molecule has 0 fully saturated rings. The average molecular weight is 285 g/mol. The molecule has 1 heterocycles. The number of benzene rings is 1. The molecule has 20 heavy (non-hydrogen) atoms. The molecular weight excluding hydrogens is 271 g/mol. The lowest BCUT2D eigenvalue weighted by Gasteiger charge is -2.06. The molecule has 0 amide bonds. The predicted molar refractivity (Wildman–Crippen MR) is 65.7 cm³/mol. The van der Waals surface area contributed by atoms with Crippen molar-refractivity contribution in [2.75, 3.05) is 0 Å². The molecular formula is C13H14F3N3O. The summed E-state index contributed by atoms with van der Waals surface area (Å²) in [6, 6.07) is 9.07. The number of hydrogen-bond acceptors (Lipinski definition) is 4. The van der Waals surface area contributed by atoms with Crippen LogP contribution in [0.3, 0.4) is 0 Å². The Morgan fingerprint density at radius 3 is 2.55 bits per heavy atom. The molecule has 7 heteroatoms. The van der Waals surface area contributed by atoms with E-state index in [1.807, 2.05) is 30.3 Å². The van der Waals surface area contributed by atoms with Crippen LogP contribution in [0.15, 0.2) is 34.9 Å². The summed E-state index contributed by atoms with van der Waals surface area (Å²) in [6.45, 7) is 0. The van der Waals surface area contributed by atoms with E-state index in [2.05, 4.69) is 10.1 Å². The van der Waals surface area contributed by atoms with E-state index in [0.717, 1.165) is 5.56 Å². The SMILES string of the molecule is N[C@@H](CCc1ccccc1)c1nc(CC(F)(F)F)no1. The summed E-state index contributed by atoms with van der Waals surface area (Å²) in [6.07, 6.45) is -4.34. The molecule has 0 saturated carbocycles. The summed E-state index contributed by atoms with van der Waals surface area (Å²) >= 11 is 0.